The second-order valence-corrected chi connectivity index (χ2v) is 5.12. The van der Waals surface area contributed by atoms with Crippen LogP contribution in [0.1, 0.15) is 5.56 Å². The summed E-state index contributed by atoms with van der Waals surface area (Å²) in [6.45, 7) is 0. The molecular formula is C9H11N3O2S. The van der Waals surface area contributed by atoms with Crippen LogP contribution in [0.4, 0.5) is 0 Å². The average molecular weight is 225 g/mol. The van der Waals surface area contributed by atoms with Crippen LogP contribution in [-0.4, -0.2) is 27.9 Å². The van der Waals surface area contributed by atoms with E-state index in [1.807, 2.05) is 0 Å². The van der Waals surface area contributed by atoms with Crippen LogP contribution in [0.3, 0.4) is 0 Å². The van der Waals surface area contributed by atoms with Gasteiger partial charge in [0.15, 0.2) is 6.19 Å². The van der Waals surface area contributed by atoms with Crippen molar-refractivity contribution in [3.63, 3.8) is 0 Å². The third-order valence-corrected chi connectivity index (χ3v) is 2.80. The number of nitrogens with one attached hydrogen (secondary N) is 1. The molecule has 0 aliphatic heterocycles. The smallest absolute Gasteiger partial charge is 0.212 e. The number of hydrogen-bond donors (Lipinski definition) is 1. The molecule has 0 aliphatic rings. The van der Waals surface area contributed by atoms with Crippen molar-refractivity contribution in [2.24, 2.45) is 0 Å². The normalized spacial score (nSPS) is 13.4. The van der Waals surface area contributed by atoms with Crippen molar-refractivity contribution in [1.29, 1.82) is 5.26 Å². The summed E-state index contributed by atoms with van der Waals surface area (Å²) < 4.78 is 18.8. The van der Waals surface area contributed by atoms with Crippen molar-refractivity contribution in [1.82, 2.24) is 9.71 Å². The summed E-state index contributed by atoms with van der Waals surface area (Å²) >= 11 is 0. The summed E-state index contributed by atoms with van der Waals surface area (Å²) in [5.74, 6) is 0.489. The van der Waals surface area contributed by atoms with Crippen LogP contribution in [-0.2, 0) is 9.71 Å². The maximum atomic E-state index is 11.7. The summed E-state index contributed by atoms with van der Waals surface area (Å²) in [7, 11) is -0.951. The van der Waals surface area contributed by atoms with Crippen LogP contribution < -0.4 is 9.46 Å². The van der Waals surface area contributed by atoms with E-state index in [2.05, 4.69) is 9.71 Å². The van der Waals surface area contributed by atoms with Crippen molar-refractivity contribution in [2.45, 2.75) is 0 Å². The lowest BCUT2D eigenvalue weighted by atomic mass is 10.3. The predicted molar refractivity (Wildman–Crippen MR) is 58.8 cm³/mol. The maximum absolute atomic E-state index is 11.7. The van der Waals surface area contributed by atoms with Gasteiger partial charge in [0, 0.05) is 29.4 Å². The molecule has 1 heterocycles. The van der Waals surface area contributed by atoms with E-state index in [4.69, 9.17) is 10.00 Å². The van der Waals surface area contributed by atoms with Crippen LogP contribution in [0.2, 0.25) is 0 Å². The Bertz CT molecular complexity index is 481. The van der Waals surface area contributed by atoms with Gasteiger partial charge in [0.05, 0.1) is 16.8 Å². The number of nitriles is 1. The zero-order chi connectivity index (χ0) is 11.3. The lowest BCUT2D eigenvalue weighted by Crippen LogP contribution is -2.18. The van der Waals surface area contributed by atoms with Crippen molar-refractivity contribution in [2.75, 3.05) is 13.4 Å². The minimum atomic E-state index is -2.47. The summed E-state index contributed by atoms with van der Waals surface area (Å²) in [4.78, 5) is 3.95. The molecule has 6 heteroatoms. The molecule has 0 aromatic carbocycles. The molecule has 0 aliphatic carbocycles. The van der Waals surface area contributed by atoms with E-state index in [1.165, 1.54) is 24.9 Å². The Kier molecular flexibility index (Phi) is 3.52. The molecule has 1 rings (SSSR count). The van der Waals surface area contributed by atoms with Crippen LogP contribution in [0.5, 0.6) is 5.88 Å². The van der Waals surface area contributed by atoms with Crippen molar-refractivity contribution in [3.05, 3.63) is 23.9 Å². The number of ether oxygens (including phenoxy) is 1. The molecule has 0 radical (unpaired) electrons. The highest BCUT2D eigenvalue weighted by atomic mass is 32.2. The topological polar surface area (TPSA) is 75.0 Å². The van der Waals surface area contributed by atoms with Gasteiger partial charge in [-0.1, -0.05) is 0 Å². The molecule has 0 fully saturated rings. The Labute approximate surface area is 88.8 Å². The molecule has 0 saturated heterocycles. The van der Waals surface area contributed by atoms with Crippen molar-refractivity contribution >= 4 is 15.1 Å². The molecule has 1 atom stereocenters. The number of nitrogens with zero attached hydrogens (tertiary/aromatic N) is 2. The first-order valence-electron chi connectivity index (χ1n) is 4.07. The van der Waals surface area contributed by atoms with E-state index in [-0.39, 0.29) is 0 Å². The molecule has 1 aromatic rings. The summed E-state index contributed by atoms with van der Waals surface area (Å²) in [6, 6.07) is 3.38. The lowest BCUT2D eigenvalue weighted by molar-refractivity contribution is 0.398. The maximum Gasteiger partial charge on any atom is 0.212 e. The summed E-state index contributed by atoms with van der Waals surface area (Å²) in [5, 5.41) is 9.83. The van der Waals surface area contributed by atoms with E-state index in [1.54, 1.807) is 18.3 Å². The van der Waals surface area contributed by atoms with Gasteiger partial charge in [0.2, 0.25) is 5.88 Å². The van der Waals surface area contributed by atoms with Gasteiger partial charge in [-0.05, 0) is 6.07 Å². The van der Waals surface area contributed by atoms with Gasteiger partial charge < -0.3 is 4.74 Å². The van der Waals surface area contributed by atoms with Gasteiger partial charge in [-0.2, -0.15) is 5.26 Å². The Balaban J connectivity index is 3.00. The highest BCUT2D eigenvalue weighted by Crippen LogP contribution is 2.05. The van der Waals surface area contributed by atoms with Gasteiger partial charge >= 0.3 is 0 Å². The number of hydrogen-bond acceptors (Lipinski definition) is 4. The second kappa shape index (κ2) is 4.66. The molecule has 1 unspecified atom stereocenters. The fourth-order valence-corrected chi connectivity index (χ4v) is 1.86. The summed E-state index contributed by atoms with van der Waals surface area (Å²) in [6.07, 6.45) is 4.62. The zero-order valence-corrected chi connectivity index (χ0v) is 9.25. The molecule has 0 saturated carbocycles. The minimum Gasteiger partial charge on any atom is -0.481 e. The van der Waals surface area contributed by atoms with Crippen LogP contribution in [0.15, 0.2) is 18.3 Å². The standard InChI is InChI=1S/C9H11N3O2S/c1-14-9-4-3-8(5-11-9)6-15(2,13)12-7-10/h3-6H,1-2H3,(H,12,13). The highest BCUT2D eigenvalue weighted by molar-refractivity contribution is 7.99. The first kappa shape index (κ1) is 11.3. The minimum absolute atomic E-state index is 0.489. The Morgan fingerprint density at radius 3 is 2.87 bits per heavy atom. The molecular weight excluding hydrogens is 214 g/mol. The fraction of sp³-hybridized carbons (Fsp3) is 0.222. The molecule has 0 spiro atoms. The third kappa shape index (κ3) is 3.48. The van der Waals surface area contributed by atoms with E-state index < -0.39 is 9.71 Å². The van der Waals surface area contributed by atoms with Crippen LogP contribution >= 0.6 is 0 Å². The van der Waals surface area contributed by atoms with Gasteiger partial charge in [-0.15, -0.1) is 0 Å². The van der Waals surface area contributed by atoms with E-state index >= 15 is 0 Å². The van der Waals surface area contributed by atoms with Crippen LogP contribution in [0.25, 0.3) is 0 Å². The summed E-state index contributed by atoms with van der Waals surface area (Å²) in [5.41, 5.74) is 0.672. The van der Waals surface area contributed by atoms with E-state index in [0.29, 0.717) is 11.4 Å². The fourth-order valence-electron chi connectivity index (χ4n) is 0.962. The lowest BCUT2D eigenvalue weighted by Gasteiger charge is -2.01. The number of rotatable bonds is 3. The molecule has 0 bridgehead atoms. The van der Waals surface area contributed by atoms with E-state index in [0.717, 1.165) is 0 Å². The molecule has 80 valence electrons. The number of aromatic nitrogens is 1. The van der Waals surface area contributed by atoms with Crippen molar-refractivity contribution < 1.29 is 8.95 Å². The Hall–Kier alpha value is -1.74. The molecule has 1 N–H and O–H groups in total. The van der Waals surface area contributed by atoms with Gasteiger partial charge in [0.25, 0.3) is 0 Å². The first-order valence-corrected chi connectivity index (χ1v) is 6.10. The van der Waals surface area contributed by atoms with Gasteiger partial charge in [0.1, 0.15) is 0 Å². The molecule has 0 amide bonds. The third-order valence-electron chi connectivity index (χ3n) is 1.58. The number of pyridine rings is 1. The average Bonchev–Trinajstić information content (AvgIpc) is 2.18. The number of methoxy groups -OCH3 is 1. The predicted octanol–water partition coefficient (Wildman–Crippen LogP) is 0.140. The molecule has 5 nitrogen and oxygen atoms in total. The highest BCUT2D eigenvalue weighted by Gasteiger charge is 1.98. The molecule has 1 aromatic heterocycles. The first-order chi connectivity index (χ1) is 7.07. The van der Waals surface area contributed by atoms with Gasteiger partial charge in [-0.25, -0.2) is 13.9 Å². The second-order valence-electron chi connectivity index (χ2n) is 2.87. The van der Waals surface area contributed by atoms with E-state index in [9.17, 15) is 4.21 Å². The zero-order valence-electron chi connectivity index (χ0n) is 8.43. The monoisotopic (exact) mass is 225 g/mol. The van der Waals surface area contributed by atoms with Crippen molar-refractivity contribution in [3.8, 4) is 12.1 Å². The largest absolute Gasteiger partial charge is 0.481 e. The Morgan fingerprint density at radius 1 is 1.67 bits per heavy atom. The Morgan fingerprint density at radius 2 is 2.40 bits per heavy atom. The van der Waals surface area contributed by atoms with Crippen LogP contribution in [0, 0.1) is 11.5 Å². The molecule has 15 heavy (non-hydrogen) atoms. The quantitative estimate of drug-likeness (QED) is 0.451. The SMILES string of the molecule is COc1ccc(C=S(C)(=O)NC#N)cn1. The van der Waals surface area contributed by atoms with Gasteiger partial charge in [-0.3, -0.25) is 0 Å².